The third kappa shape index (κ3) is 4.23. The smallest absolute Gasteiger partial charge is 0.255 e. The van der Waals surface area contributed by atoms with E-state index in [9.17, 15) is 9.18 Å². The maximum absolute atomic E-state index is 13.1. The van der Waals surface area contributed by atoms with E-state index in [0.717, 1.165) is 36.5 Å². The number of carbonyl (C=O) groups is 1. The summed E-state index contributed by atoms with van der Waals surface area (Å²) in [5.74, 6) is 0.982. The Bertz CT molecular complexity index is 986. The lowest BCUT2D eigenvalue weighted by Crippen LogP contribution is -2.48. The first kappa shape index (κ1) is 19.0. The van der Waals surface area contributed by atoms with Crippen LogP contribution in [0.2, 0.25) is 0 Å². The van der Waals surface area contributed by atoms with Gasteiger partial charge in [0.2, 0.25) is 0 Å². The third-order valence-electron chi connectivity index (χ3n) is 5.15. The zero-order chi connectivity index (χ0) is 20.2. The van der Waals surface area contributed by atoms with Crippen molar-refractivity contribution in [3.8, 4) is 17.0 Å². The predicted molar refractivity (Wildman–Crippen MR) is 110 cm³/mol. The zero-order valence-corrected chi connectivity index (χ0v) is 16.2. The largest absolute Gasteiger partial charge is 0.496 e. The van der Waals surface area contributed by atoms with Crippen molar-refractivity contribution < 1.29 is 13.9 Å². The molecule has 0 aliphatic carbocycles. The summed E-state index contributed by atoms with van der Waals surface area (Å²) in [7, 11) is 1.56. The SMILES string of the molecule is COc1ccccc1C(=O)NC1CCCN(c2cc(-c3ccc(F)cc3)[nH]n2)C1. The Morgan fingerprint density at radius 1 is 1.24 bits per heavy atom. The van der Waals surface area contributed by atoms with E-state index in [1.165, 1.54) is 12.1 Å². The molecule has 2 aromatic carbocycles. The Morgan fingerprint density at radius 3 is 2.83 bits per heavy atom. The molecule has 1 aliphatic rings. The molecule has 0 saturated carbocycles. The number of amides is 1. The molecule has 150 valence electrons. The molecular weight excluding hydrogens is 371 g/mol. The standard InChI is InChI=1S/C22H23FN4O2/c1-29-20-7-3-2-6-18(20)22(28)24-17-5-4-12-27(14-17)21-13-19(25-26-21)15-8-10-16(23)11-9-15/h2-3,6-11,13,17H,4-5,12,14H2,1H3,(H,24,28)(H,25,26). The number of piperidine rings is 1. The average molecular weight is 394 g/mol. The molecule has 1 atom stereocenters. The van der Waals surface area contributed by atoms with Crippen LogP contribution in [0.3, 0.4) is 0 Å². The molecule has 0 spiro atoms. The second kappa shape index (κ2) is 8.34. The Morgan fingerprint density at radius 2 is 2.03 bits per heavy atom. The number of hydrogen-bond acceptors (Lipinski definition) is 4. The number of aromatic amines is 1. The first-order valence-corrected chi connectivity index (χ1v) is 9.64. The molecule has 29 heavy (non-hydrogen) atoms. The van der Waals surface area contributed by atoms with Gasteiger partial charge in [-0.3, -0.25) is 9.89 Å². The normalized spacial score (nSPS) is 16.5. The minimum atomic E-state index is -0.266. The van der Waals surface area contributed by atoms with Gasteiger partial charge in [0, 0.05) is 25.2 Å². The Kier molecular flexibility index (Phi) is 5.46. The lowest BCUT2D eigenvalue weighted by Gasteiger charge is -2.33. The van der Waals surface area contributed by atoms with E-state index in [1.54, 1.807) is 31.4 Å². The Hall–Kier alpha value is -3.35. The van der Waals surface area contributed by atoms with Gasteiger partial charge in [-0.1, -0.05) is 12.1 Å². The van der Waals surface area contributed by atoms with Gasteiger partial charge in [-0.05, 0) is 54.8 Å². The first-order chi connectivity index (χ1) is 14.1. The number of carbonyl (C=O) groups excluding carboxylic acids is 1. The number of halogens is 1. The van der Waals surface area contributed by atoms with Gasteiger partial charge in [0.15, 0.2) is 5.82 Å². The number of nitrogens with one attached hydrogen (secondary N) is 2. The minimum Gasteiger partial charge on any atom is -0.496 e. The molecule has 1 amide bonds. The predicted octanol–water partition coefficient (Wildman–Crippen LogP) is 3.62. The summed E-state index contributed by atoms with van der Waals surface area (Å²) >= 11 is 0. The summed E-state index contributed by atoms with van der Waals surface area (Å²) in [6.45, 7) is 1.54. The molecule has 1 aromatic heterocycles. The lowest BCUT2D eigenvalue weighted by molar-refractivity contribution is 0.0930. The van der Waals surface area contributed by atoms with E-state index in [0.29, 0.717) is 17.9 Å². The van der Waals surface area contributed by atoms with Crippen molar-refractivity contribution in [2.24, 2.45) is 0 Å². The fourth-order valence-corrected chi connectivity index (χ4v) is 3.65. The highest BCUT2D eigenvalue weighted by atomic mass is 19.1. The van der Waals surface area contributed by atoms with Gasteiger partial charge in [0.05, 0.1) is 18.4 Å². The van der Waals surface area contributed by atoms with Gasteiger partial charge in [-0.2, -0.15) is 5.10 Å². The number of nitrogens with zero attached hydrogens (tertiary/aromatic N) is 2. The van der Waals surface area contributed by atoms with Crippen LogP contribution in [0.1, 0.15) is 23.2 Å². The number of methoxy groups -OCH3 is 1. The summed E-state index contributed by atoms with van der Waals surface area (Å²) in [6.07, 6.45) is 1.86. The quantitative estimate of drug-likeness (QED) is 0.693. The van der Waals surface area contributed by atoms with Crippen molar-refractivity contribution in [1.29, 1.82) is 0 Å². The van der Waals surface area contributed by atoms with Crippen LogP contribution >= 0.6 is 0 Å². The maximum atomic E-state index is 13.1. The van der Waals surface area contributed by atoms with Crippen LogP contribution in [-0.4, -0.2) is 42.3 Å². The van der Waals surface area contributed by atoms with Crippen LogP contribution in [0, 0.1) is 5.82 Å². The average Bonchev–Trinajstić information content (AvgIpc) is 3.25. The molecule has 6 nitrogen and oxygen atoms in total. The topological polar surface area (TPSA) is 70.2 Å². The summed E-state index contributed by atoms with van der Waals surface area (Å²) in [6, 6.07) is 15.5. The van der Waals surface area contributed by atoms with Crippen LogP contribution in [0.25, 0.3) is 11.3 Å². The number of anilines is 1. The molecule has 2 heterocycles. The molecule has 3 aromatic rings. The monoisotopic (exact) mass is 394 g/mol. The molecule has 0 bridgehead atoms. The Labute approximate surface area is 168 Å². The number of hydrogen-bond donors (Lipinski definition) is 2. The van der Waals surface area contributed by atoms with Crippen molar-refractivity contribution in [2.75, 3.05) is 25.1 Å². The van der Waals surface area contributed by atoms with Crippen LogP contribution in [0.5, 0.6) is 5.75 Å². The molecule has 4 rings (SSSR count). The second-order valence-corrected chi connectivity index (χ2v) is 7.11. The molecule has 0 radical (unpaired) electrons. The van der Waals surface area contributed by atoms with E-state index in [1.807, 2.05) is 18.2 Å². The van der Waals surface area contributed by atoms with E-state index in [4.69, 9.17) is 4.74 Å². The molecule has 1 fully saturated rings. The van der Waals surface area contributed by atoms with E-state index >= 15 is 0 Å². The molecule has 1 saturated heterocycles. The van der Waals surface area contributed by atoms with Gasteiger partial charge < -0.3 is 15.0 Å². The molecule has 2 N–H and O–H groups in total. The Balaban J connectivity index is 1.43. The second-order valence-electron chi connectivity index (χ2n) is 7.11. The van der Waals surface area contributed by atoms with Gasteiger partial charge in [0.1, 0.15) is 11.6 Å². The van der Waals surface area contributed by atoms with Crippen molar-refractivity contribution in [2.45, 2.75) is 18.9 Å². The molecule has 1 unspecified atom stereocenters. The summed E-state index contributed by atoms with van der Waals surface area (Å²) < 4.78 is 18.4. The van der Waals surface area contributed by atoms with Crippen LogP contribution < -0.4 is 15.0 Å². The van der Waals surface area contributed by atoms with E-state index < -0.39 is 0 Å². The van der Waals surface area contributed by atoms with Crippen molar-refractivity contribution in [1.82, 2.24) is 15.5 Å². The first-order valence-electron chi connectivity index (χ1n) is 9.64. The lowest BCUT2D eigenvalue weighted by atomic mass is 10.0. The molecular formula is C22H23FN4O2. The number of rotatable bonds is 5. The van der Waals surface area contributed by atoms with E-state index in [-0.39, 0.29) is 17.8 Å². The summed E-state index contributed by atoms with van der Waals surface area (Å²) in [5, 5.41) is 10.5. The van der Waals surface area contributed by atoms with E-state index in [2.05, 4.69) is 20.4 Å². The van der Waals surface area contributed by atoms with Crippen molar-refractivity contribution in [3.63, 3.8) is 0 Å². The highest BCUT2D eigenvalue weighted by molar-refractivity contribution is 5.97. The zero-order valence-electron chi connectivity index (χ0n) is 16.2. The number of para-hydroxylation sites is 1. The number of aromatic nitrogens is 2. The highest BCUT2D eigenvalue weighted by Gasteiger charge is 2.24. The van der Waals surface area contributed by atoms with Gasteiger partial charge >= 0.3 is 0 Å². The minimum absolute atomic E-state index is 0.0205. The van der Waals surface area contributed by atoms with Gasteiger partial charge in [0.25, 0.3) is 5.91 Å². The molecule has 1 aliphatic heterocycles. The third-order valence-corrected chi connectivity index (χ3v) is 5.15. The number of benzene rings is 2. The van der Waals surface area contributed by atoms with Crippen LogP contribution in [-0.2, 0) is 0 Å². The number of ether oxygens (including phenoxy) is 1. The fourth-order valence-electron chi connectivity index (χ4n) is 3.65. The molecule has 7 heteroatoms. The maximum Gasteiger partial charge on any atom is 0.255 e. The van der Waals surface area contributed by atoms with Crippen LogP contribution in [0.4, 0.5) is 10.2 Å². The number of H-pyrrole nitrogens is 1. The van der Waals surface area contributed by atoms with Crippen molar-refractivity contribution >= 4 is 11.7 Å². The van der Waals surface area contributed by atoms with Gasteiger partial charge in [-0.25, -0.2) is 4.39 Å². The van der Waals surface area contributed by atoms with Gasteiger partial charge in [-0.15, -0.1) is 0 Å². The van der Waals surface area contributed by atoms with Crippen molar-refractivity contribution in [3.05, 3.63) is 66.0 Å². The van der Waals surface area contributed by atoms with Crippen LogP contribution in [0.15, 0.2) is 54.6 Å². The fraction of sp³-hybridized carbons (Fsp3) is 0.273. The highest BCUT2D eigenvalue weighted by Crippen LogP contribution is 2.25. The summed E-state index contributed by atoms with van der Waals surface area (Å²) in [5.41, 5.74) is 2.24. The summed E-state index contributed by atoms with van der Waals surface area (Å²) in [4.78, 5) is 14.8.